The molecule has 0 spiro atoms. The molecule has 2 heterocycles. The van der Waals surface area contributed by atoms with E-state index < -0.39 is 29.3 Å². The van der Waals surface area contributed by atoms with E-state index >= 15 is 0 Å². The van der Waals surface area contributed by atoms with Crippen molar-refractivity contribution in [1.29, 1.82) is 0 Å². The zero-order chi connectivity index (χ0) is 29.1. The Morgan fingerprint density at radius 2 is 1.85 bits per heavy atom. The molecule has 0 aliphatic rings. The predicted molar refractivity (Wildman–Crippen MR) is 154 cm³/mol. The number of hydrogen-bond donors (Lipinski definition) is 4. The minimum Gasteiger partial charge on any atom is -0.454 e. The predicted octanol–water partition coefficient (Wildman–Crippen LogP) is 3.48. The van der Waals surface area contributed by atoms with Crippen LogP contribution in [0.1, 0.15) is 29.0 Å². The fourth-order valence-electron chi connectivity index (χ4n) is 3.63. The minimum absolute atomic E-state index is 0.0711. The van der Waals surface area contributed by atoms with E-state index in [9.17, 15) is 24.0 Å². The number of nitrogens with zero attached hydrogens (tertiary/aromatic N) is 1. The topological polar surface area (TPSA) is 152 Å². The van der Waals surface area contributed by atoms with Crippen molar-refractivity contribution in [3.8, 4) is 0 Å². The van der Waals surface area contributed by atoms with Gasteiger partial charge in [0.25, 0.3) is 11.5 Å². The Kier molecular flexibility index (Phi) is 10.8. The van der Waals surface area contributed by atoms with Crippen molar-refractivity contribution in [2.75, 3.05) is 10.6 Å². The molecule has 40 heavy (non-hydrogen) atoms. The molecule has 0 aliphatic carbocycles. The summed E-state index contributed by atoms with van der Waals surface area (Å²) in [4.78, 5) is 63.0. The third-order valence-electron chi connectivity index (χ3n) is 5.54. The average Bonchev–Trinajstić information content (AvgIpc) is 3.26. The van der Waals surface area contributed by atoms with Gasteiger partial charge in [-0.15, -0.1) is 0 Å². The van der Waals surface area contributed by atoms with Gasteiger partial charge < -0.3 is 30.3 Å². The first-order valence-corrected chi connectivity index (χ1v) is 13.0. The maximum atomic E-state index is 13.2. The molecule has 1 atom stereocenters. The van der Waals surface area contributed by atoms with Gasteiger partial charge in [0, 0.05) is 18.0 Å². The van der Waals surface area contributed by atoms with Gasteiger partial charge in [-0.2, -0.15) is 0 Å². The number of aryl methyl sites for hydroxylation is 1. The molecule has 208 valence electrons. The SMILES string of the molecule is C=CNC(=O)Cn1cccc(NC(=O)C(CC/C=C/C(=O)Nc2ccccc2)NC(=O)c2cc(Br)oc2C)c1=O. The van der Waals surface area contributed by atoms with Crippen LogP contribution in [0.25, 0.3) is 0 Å². The monoisotopic (exact) mass is 609 g/mol. The number of benzene rings is 1. The number of para-hydroxylation sites is 1. The molecule has 0 saturated heterocycles. The Hall–Kier alpha value is -4.71. The van der Waals surface area contributed by atoms with Crippen LogP contribution in [-0.2, 0) is 20.9 Å². The van der Waals surface area contributed by atoms with Crippen LogP contribution in [0.4, 0.5) is 11.4 Å². The van der Waals surface area contributed by atoms with E-state index in [0.717, 1.165) is 4.57 Å². The van der Waals surface area contributed by atoms with Crippen LogP contribution < -0.4 is 26.8 Å². The first-order valence-electron chi connectivity index (χ1n) is 12.2. The number of amides is 4. The maximum Gasteiger partial charge on any atom is 0.274 e. The zero-order valence-electron chi connectivity index (χ0n) is 21.6. The van der Waals surface area contributed by atoms with E-state index in [1.54, 1.807) is 37.3 Å². The highest BCUT2D eigenvalue weighted by atomic mass is 79.9. The van der Waals surface area contributed by atoms with E-state index in [0.29, 0.717) is 16.1 Å². The van der Waals surface area contributed by atoms with Crippen LogP contribution in [0.2, 0.25) is 0 Å². The summed E-state index contributed by atoms with van der Waals surface area (Å²) in [7, 11) is 0. The van der Waals surface area contributed by atoms with E-state index in [-0.39, 0.29) is 36.5 Å². The maximum absolute atomic E-state index is 13.2. The standard InChI is InChI=1S/C28H28BrN5O6/c1-3-30-25(36)17-34-15-9-13-22(28(34)39)33-27(38)21(32-26(37)20-16-23(29)40-18(20)2)12-7-8-14-24(35)31-19-10-5-4-6-11-19/h3-6,8-11,13-16,21H,1,7,12,17H2,2H3,(H,30,36)(H,31,35)(H,32,37)(H,33,38)/b14-8+. The van der Waals surface area contributed by atoms with Crippen LogP contribution >= 0.6 is 15.9 Å². The van der Waals surface area contributed by atoms with Gasteiger partial charge in [0.05, 0.1) is 5.56 Å². The summed E-state index contributed by atoms with van der Waals surface area (Å²) in [5, 5.41) is 10.3. The Balaban J connectivity index is 1.72. The van der Waals surface area contributed by atoms with Crippen LogP contribution in [0, 0.1) is 6.92 Å². The lowest BCUT2D eigenvalue weighted by Crippen LogP contribution is -2.44. The van der Waals surface area contributed by atoms with Gasteiger partial charge in [-0.05, 0) is 72.2 Å². The lowest BCUT2D eigenvalue weighted by Gasteiger charge is -2.18. The molecule has 1 aromatic carbocycles. The van der Waals surface area contributed by atoms with E-state index in [4.69, 9.17) is 4.42 Å². The first kappa shape index (κ1) is 29.8. The van der Waals surface area contributed by atoms with E-state index in [1.807, 2.05) is 6.07 Å². The second-order valence-electron chi connectivity index (χ2n) is 8.50. The molecule has 0 aliphatic heterocycles. The lowest BCUT2D eigenvalue weighted by molar-refractivity contribution is -0.120. The summed E-state index contributed by atoms with van der Waals surface area (Å²) in [6, 6.07) is 12.2. The number of anilines is 2. The number of carbonyl (C=O) groups excluding carboxylic acids is 4. The van der Waals surface area contributed by atoms with Crippen LogP contribution in [0.5, 0.6) is 0 Å². The number of allylic oxidation sites excluding steroid dienone is 1. The quantitative estimate of drug-likeness (QED) is 0.231. The smallest absolute Gasteiger partial charge is 0.274 e. The molecule has 0 saturated carbocycles. The van der Waals surface area contributed by atoms with Gasteiger partial charge in [-0.3, -0.25) is 24.0 Å². The molecule has 12 heteroatoms. The van der Waals surface area contributed by atoms with Crippen LogP contribution in [-0.4, -0.2) is 34.2 Å². The van der Waals surface area contributed by atoms with Crippen molar-refractivity contribution in [2.24, 2.45) is 0 Å². The highest BCUT2D eigenvalue weighted by molar-refractivity contribution is 9.10. The Morgan fingerprint density at radius 3 is 2.52 bits per heavy atom. The van der Waals surface area contributed by atoms with Crippen molar-refractivity contribution in [1.82, 2.24) is 15.2 Å². The second kappa shape index (κ2) is 14.4. The number of aromatic nitrogens is 1. The van der Waals surface area contributed by atoms with Crippen molar-refractivity contribution < 1.29 is 23.6 Å². The third kappa shape index (κ3) is 8.67. The average molecular weight is 610 g/mol. The van der Waals surface area contributed by atoms with Gasteiger partial charge in [0.2, 0.25) is 17.7 Å². The van der Waals surface area contributed by atoms with Crippen LogP contribution in [0.3, 0.4) is 0 Å². The normalized spacial score (nSPS) is 11.4. The summed E-state index contributed by atoms with van der Waals surface area (Å²) < 4.78 is 6.82. The number of hydrogen-bond acceptors (Lipinski definition) is 6. The molecule has 4 amide bonds. The summed E-state index contributed by atoms with van der Waals surface area (Å²) in [6.07, 6.45) is 5.91. The molecule has 1 unspecified atom stereocenters. The van der Waals surface area contributed by atoms with Gasteiger partial charge in [-0.25, -0.2) is 0 Å². The minimum atomic E-state index is -1.07. The molecule has 3 aromatic rings. The molecule has 0 radical (unpaired) electrons. The Labute approximate surface area is 238 Å². The second-order valence-corrected chi connectivity index (χ2v) is 9.28. The molecule has 0 fully saturated rings. The third-order valence-corrected chi connectivity index (χ3v) is 5.93. The van der Waals surface area contributed by atoms with Crippen molar-refractivity contribution in [2.45, 2.75) is 32.4 Å². The number of nitrogens with one attached hydrogen (secondary N) is 4. The van der Waals surface area contributed by atoms with E-state index in [1.165, 1.54) is 36.7 Å². The summed E-state index contributed by atoms with van der Waals surface area (Å²) in [5.41, 5.74) is 0.196. The summed E-state index contributed by atoms with van der Waals surface area (Å²) >= 11 is 3.18. The molecule has 2 aromatic heterocycles. The fourth-order valence-corrected chi connectivity index (χ4v) is 4.10. The lowest BCUT2D eigenvalue weighted by atomic mass is 10.1. The number of pyridine rings is 1. The Morgan fingerprint density at radius 1 is 1.10 bits per heavy atom. The van der Waals surface area contributed by atoms with Crippen molar-refractivity contribution in [3.63, 3.8) is 0 Å². The molecule has 4 N–H and O–H groups in total. The van der Waals surface area contributed by atoms with Gasteiger partial charge >= 0.3 is 0 Å². The number of rotatable bonds is 12. The molecular weight excluding hydrogens is 582 g/mol. The fraction of sp³-hybridized carbons (Fsp3) is 0.179. The van der Waals surface area contributed by atoms with Gasteiger partial charge in [0.1, 0.15) is 24.0 Å². The number of furan rings is 1. The van der Waals surface area contributed by atoms with Gasteiger partial charge in [0.15, 0.2) is 4.67 Å². The zero-order valence-corrected chi connectivity index (χ0v) is 23.2. The molecule has 3 rings (SSSR count). The molecule has 0 bridgehead atoms. The van der Waals surface area contributed by atoms with Crippen molar-refractivity contribution in [3.05, 3.63) is 106 Å². The highest BCUT2D eigenvalue weighted by Gasteiger charge is 2.24. The molecular formula is C28H28BrN5O6. The number of halogens is 1. The van der Waals surface area contributed by atoms with Gasteiger partial charge in [-0.1, -0.05) is 30.9 Å². The summed E-state index contributed by atoms with van der Waals surface area (Å²) in [6.45, 7) is 4.74. The summed E-state index contributed by atoms with van der Waals surface area (Å²) in [5.74, 6) is -1.66. The largest absolute Gasteiger partial charge is 0.454 e. The number of carbonyl (C=O) groups is 4. The van der Waals surface area contributed by atoms with Crippen molar-refractivity contribution >= 4 is 50.9 Å². The molecule has 11 nitrogen and oxygen atoms in total. The van der Waals surface area contributed by atoms with E-state index in [2.05, 4.69) is 43.8 Å². The van der Waals surface area contributed by atoms with Crippen LogP contribution in [0.15, 0.2) is 93.5 Å². The highest BCUT2D eigenvalue weighted by Crippen LogP contribution is 2.20. The first-order chi connectivity index (χ1) is 19.2. The Bertz CT molecular complexity index is 1480.